The van der Waals surface area contributed by atoms with Crippen molar-refractivity contribution in [2.24, 2.45) is 5.10 Å². The number of benzene rings is 2. The van der Waals surface area contributed by atoms with Crippen LogP contribution in [-0.4, -0.2) is 21.4 Å². The fraction of sp³-hybridized carbons (Fsp3) is 0.136. The van der Waals surface area contributed by atoms with Gasteiger partial charge in [-0.2, -0.15) is 15.2 Å². The van der Waals surface area contributed by atoms with E-state index in [9.17, 15) is 4.79 Å². The second kappa shape index (κ2) is 6.68. The van der Waals surface area contributed by atoms with Crippen LogP contribution in [0.15, 0.2) is 71.3 Å². The van der Waals surface area contributed by atoms with E-state index in [1.165, 1.54) is 5.01 Å². The highest BCUT2D eigenvalue weighted by Gasteiger charge is 2.29. The molecule has 0 aliphatic carbocycles. The Morgan fingerprint density at radius 1 is 0.852 bits per heavy atom. The lowest BCUT2D eigenvalue weighted by atomic mass is 10.1. The standard InChI is InChI=1S/C22H20N4O/c1-15-20(17(3)25(23-15)18-10-6-4-7-11-18)14-21-16(2)24-26(22(21)27)19-12-8-5-9-13-19/h4-14H,1-3H3/b21-14-. The van der Waals surface area contributed by atoms with Gasteiger partial charge < -0.3 is 0 Å². The van der Waals surface area contributed by atoms with Gasteiger partial charge in [0, 0.05) is 11.3 Å². The third-order valence-corrected chi connectivity index (χ3v) is 4.70. The summed E-state index contributed by atoms with van der Waals surface area (Å²) in [5.74, 6) is -0.120. The van der Waals surface area contributed by atoms with Gasteiger partial charge in [-0.3, -0.25) is 4.79 Å². The first-order valence-corrected chi connectivity index (χ1v) is 8.84. The third-order valence-electron chi connectivity index (χ3n) is 4.70. The summed E-state index contributed by atoms with van der Waals surface area (Å²) < 4.78 is 1.91. The number of para-hydroxylation sites is 2. The molecule has 0 spiro atoms. The molecule has 134 valence electrons. The van der Waals surface area contributed by atoms with Crippen LogP contribution in [0.1, 0.15) is 23.9 Å². The van der Waals surface area contributed by atoms with Crippen molar-refractivity contribution in [1.82, 2.24) is 9.78 Å². The molecule has 2 heterocycles. The van der Waals surface area contributed by atoms with Gasteiger partial charge in [-0.25, -0.2) is 4.68 Å². The maximum Gasteiger partial charge on any atom is 0.280 e. The molecule has 1 aromatic heterocycles. The molecule has 1 amide bonds. The van der Waals surface area contributed by atoms with Crippen molar-refractivity contribution in [2.45, 2.75) is 20.8 Å². The Bertz CT molecular complexity index is 1060. The predicted octanol–water partition coefficient (Wildman–Crippen LogP) is 4.30. The smallest absolute Gasteiger partial charge is 0.267 e. The van der Waals surface area contributed by atoms with Crippen molar-refractivity contribution in [3.05, 3.63) is 83.2 Å². The Balaban J connectivity index is 1.74. The SMILES string of the molecule is CC1=NN(c2ccccc2)C(=O)/C1=C\c1c(C)nn(-c2ccccc2)c1C. The average molecular weight is 356 g/mol. The van der Waals surface area contributed by atoms with E-state index in [2.05, 4.69) is 10.2 Å². The van der Waals surface area contributed by atoms with Crippen LogP contribution in [0.25, 0.3) is 11.8 Å². The summed E-state index contributed by atoms with van der Waals surface area (Å²) in [5, 5.41) is 10.6. The zero-order valence-corrected chi connectivity index (χ0v) is 15.5. The first kappa shape index (κ1) is 17.0. The number of hydrogen-bond donors (Lipinski definition) is 0. The summed E-state index contributed by atoms with van der Waals surface area (Å²) >= 11 is 0. The van der Waals surface area contributed by atoms with E-state index in [1.54, 1.807) is 0 Å². The number of anilines is 1. The van der Waals surface area contributed by atoms with E-state index in [4.69, 9.17) is 0 Å². The highest BCUT2D eigenvalue weighted by molar-refractivity contribution is 6.32. The molecule has 1 aliphatic rings. The van der Waals surface area contributed by atoms with Crippen molar-refractivity contribution in [3.63, 3.8) is 0 Å². The Hall–Kier alpha value is -3.47. The van der Waals surface area contributed by atoms with Crippen molar-refractivity contribution < 1.29 is 4.79 Å². The minimum atomic E-state index is -0.120. The van der Waals surface area contributed by atoms with E-state index in [-0.39, 0.29) is 5.91 Å². The predicted molar refractivity (Wildman–Crippen MR) is 108 cm³/mol. The van der Waals surface area contributed by atoms with Crippen molar-refractivity contribution >= 4 is 23.4 Å². The Labute approximate surface area is 158 Å². The lowest BCUT2D eigenvalue weighted by Gasteiger charge is -2.11. The summed E-state index contributed by atoms with van der Waals surface area (Å²) in [5.41, 5.74) is 5.88. The van der Waals surface area contributed by atoms with Crippen LogP contribution in [0.5, 0.6) is 0 Å². The molecule has 0 saturated heterocycles. The van der Waals surface area contributed by atoms with Gasteiger partial charge in [0.2, 0.25) is 0 Å². The lowest BCUT2D eigenvalue weighted by molar-refractivity contribution is -0.114. The second-order valence-corrected chi connectivity index (χ2v) is 6.53. The van der Waals surface area contributed by atoms with Crippen LogP contribution in [0.4, 0.5) is 5.69 Å². The number of aryl methyl sites for hydroxylation is 1. The number of rotatable bonds is 3. The first-order chi connectivity index (χ1) is 13.1. The summed E-state index contributed by atoms with van der Waals surface area (Å²) in [6.07, 6.45) is 1.90. The molecule has 0 N–H and O–H groups in total. The fourth-order valence-electron chi connectivity index (χ4n) is 3.26. The van der Waals surface area contributed by atoms with Crippen LogP contribution < -0.4 is 5.01 Å². The molecule has 1 aliphatic heterocycles. The minimum absolute atomic E-state index is 0.120. The Morgan fingerprint density at radius 3 is 2.07 bits per heavy atom. The van der Waals surface area contributed by atoms with Gasteiger partial charge in [-0.1, -0.05) is 36.4 Å². The normalized spacial score (nSPS) is 15.5. The summed E-state index contributed by atoms with van der Waals surface area (Å²) in [6, 6.07) is 19.4. The molecule has 5 heteroatoms. The van der Waals surface area contributed by atoms with E-state index >= 15 is 0 Å². The van der Waals surface area contributed by atoms with Gasteiger partial charge in [0.25, 0.3) is 5.91 Å². The largest absolute Gasteiger partial charge is 0.280 e. The molecule has 0 bridgehead atoms. The van der Waals surface area contributed by atoms with Gasteiger partial charge >= 0.3 is 0 Å². The number of nitrogens with zero attached hydrogens (tertiary/aromatic N) is 4. The summed E-state index contributed by atoms with van der Waals surface area (Å²) in [7, 11) is 0. The lowest BCUT2D eigenvalue weighted by Crippen LogP contribution is -2.21. The molecule has 0 saturated carbocycles. The van der Waals surface area contributed by atoms with Crippen molar-refractivity contribution in [3.8, 4) is 5.69 Å². The third kappa shape index (κ3) is 2.97. The molecule has 0 radical (unpaired) electrons. The van der Waals surface area contributed by atoms with Gasteiger partial charge in [0.05, 0.1) is 28.4 Å². The number of carbonyl (C=O) groups excluding carboxylic acids is 1. The summed E-state index contributed by atoms with van der Waals surface area (Å²) in [4.78, 5) is 12.9. The van der Waals surface area contributed by atoms with Crippen LogP contribution in [0, 0.1) is 13.8 Å². The Kier molecular flexibility index (Phi) is 4.20. The van der Waals surface area contributed by atoms with Gasteiger partial charge in [-0.15, -0.1) is 0 Å². The zero-order valence-electron chi connectivity index (χ0n) is 15.5. The molecule has 0 unspecified atom stereocenters. The van der Waals surface area contributed by atoms with Gasteiger partial charge in [-0.05, 0) is 51.1 Å². The molecule has 5 nitrogen and oxygen atoms in total. The highest BCUT2D eigenvalue weighted by Crippen LogP contribution is 2.27. The second-order valence-electron chi connectivity index (χ2n) is 6.53. The highest BCUT2D eigenvalue weighted by atomic mass is 16.2. The number of aromatic nitrogens is 2. The van der Waals surface area contributed by atoms with Crippen LogP contribution in [-0.2, 0) is 4.79 Å². The molecule has 0 atom stereocenters. The minimum Gasteiger partial charge on any atom is -0.267 e. The maximum absolute atomic E-state index is 12.9. The van der Waals surface area contributed by atoms with Crippen molar-refractivity contribution in [1.29, 1.82) is 0 Å². The van der Waals surface area contributed by atoms with E-state index in [1.807, 2.05) is 92.2 Å². The zero-order chi connectivity index (χ0) is 19.0. The molecule has 2 aromatic carbocycles. The number of hydrogen-bond acceptors (Lipinski definition) is 3. The van der Waals surface area contributed by atoms with Gasteiger partial charge in [0.15, 0.2) is 0 Å². The molecule has 3 aromatic rings. The number of hydrazone groups is 1. The fourth-order valence-corrected chi connectivity index (χ4v) is 3.26. The van der Waals surface area contributed by atoms with E-state index in [0.29, 0.717) is 11.3 Å². The van der Waals surface area contributed by atoms with Crippen LogP contribution in [0.3, 0.4) is 0 Å². The number of amides is 1. The summed E-state index contributed by atoms with van der Waals surface area (Å²) in [6.45, 7) is 5.83. The topological polar surface area (TPSA) is 50.5 Å². The maximum atomic E-state index is 12.9. The molecular formula is C22H20N4O. The van der Waals surface area contributed by atoms with E-state index in [0.717, 1.165) is 28.3 Å². The van der Waals surface area contributed by atoms with Crippen LogP contribution in [0.2, 0.25) is 0 Å². The van der Waals surface area contributed by atoms with Crippen molar-refractivity contribution in [2.75, 3.05) is 5.01 Å². The first-order valence-electron chi connectivity index (χ1n) is 8.84. The van der Waals surface area contributed by atoms with E-state index < -0.39 is 0 Å². The average Bonchev–Trinajstić information content (AvgIpc) is 3.14. The van der Waals surface area contributed by atoms with Crippen LogP contribution >= 0.6 is 0 Å². The molecular weight excluding hydrogens is 336 g/mol. The molecule has 0 fully saturated rings. The molecule has 27 heavy (non-hydrogen) atoms. The van der Waals surface area contributed by atoms with Gasteiger partial charge in [0.1, 0.15) is 0 Å². The molecule has 4 rings (SSSR count). The monoisotopic (exact) mass is 356 g/mol. The number of carbonyl (C=O) groups is 1. The Morgan fingerprint density at radius 2 is 1.44 bits per heavy atom. The quantitative estimate of drug-likeness (QED) is 0.657.